The highest BCUT2D eigenvalue weighted by atomic mass is 32.2. The molecule has 0 spiro atoms. The number of carbonyl (C=O) groups excluding carboxylic acids is 1. The number of thioether (sulfide) groups is 1. The van der Waals surface area contributed by atoms with E-state index in [2.05, 4.69) is 19.6 Å². The lowest BCUT2D eigenvalue weighted by atomic mass is 9.99. The molecule has 1 aromatic carbocycles. The van der Waals surface area contributed by atoms with Crippen LogP contribution in [-0.4, -0.2) is 23.1 Å². The van der Waals surface area contributed by atoms with Crippen molar-refractivity contribution in [3.8, 4) is 0 Å². The number of carbonyl (C=O) groups is 1. The van der Waals surface area contributed by atoms with Crippen LogP contribution in [0.3, 0.4) is 0 Å². The summed E-state index contributed by atoms with van der Waals surface area (Å²) in [6.07, 6.45) is 2.76. The number of amides is 1. The Kier molecular flexibility index (Phi) is 2.33. The molecule has 0 N–H and O–H groups in total. The summed E-state index contributed by atoms with van der Waals surface area (Å²) < 4.78 is 0. The average molecular weight is 245 g/mol. The molecule has 2 aliphatic rings. The van der Waals surface area contributed by atoms with Crippen molar-refractivity contribution >= 4 is 17.7 Å². The van der Waals surface area contributed by atoms with Crippen LogP contribution in [0.2, 0.25) is 0 Å². The molecule has 0 bridgehead atoms. The maximum absolute atomic E-state index is 12.3. The molecule has 3 heteroatoms. The van der Waals surface area contributed by atoms with Gasteiger partial charge in [-0.05, 0) is 13.0 Å². The molecule has 1 saturated heterocycles. The Labute approximate surface area is 106 Å². The second kappa shape index (κ2) is 3.64. The Morgan fingerprint density at radius 3 is 3.18 bits per heavy atom. The molecule has 0 aromatic heterocycles. The molecule has 0 saturated carbocycles. The van der Waals surface area contributed by atoms with Gasteiger partial charge in [0, 0.05) is 29.8 Å². The molecule has 2 aliphatic heterocycles. The minimum absolute atomic E-state index is 0.166. The number of rotatable bonds is 2. The summed E-state index contributed by atoms with van der Waals surface area (Å²) in [6, 6.07) is 6.15. The molecular weight excluding hydrogens is 230 g/mol. The fourth-order valence-electron chi connectivity index (χ4n) is 2.84. The van der Waals surface area contributed by atoms with Crippen molar-refractivity contribution in [2.45, 2.75) is 18.2 Å². The number of fused-ring (bicyclic) bond motifs is 3. The standard InChI is InChI=1S/C14H15NOS/c1-3-6-14-12-9-10(2)4-5-11(12)13(16)15(14)7-8-17-14/h3-5,9H,1,6-8H2,2H3. The molecule has 2 heterocycles. The average Bonchev–Trinajstić information content (AvgIpc) is 2.80. The molecule has 1 unspecified atom stereocenters. The minimum Gasteiger partial charge on any atom is -0.319 e. The number of hydrogen-bond acceptors (Lipinski definition) is 2. The van der Waals surface area contributed by atoms with Gasteiger partial charge in [0.1, 0.15) is 4.87 Å². The van der Waals surface area contributed by atoms with Gasteiger partial charge in [0.15, 0.2) is 0 Å². The van der Waals surface area contributed by atoms with Gasteiger partial charge >= 0.3 is 0 Å². The second-order valence-electron chi connectivity index (χ2n) is 4.63. The fraction of sp³-hybridized carbons (Fsp3) is 0.357. The summed E-state index contributed by atoms with van der Waals surface area (Å²) >= 11 is 1.87. The lowest BCUT2D eigenvalue weighted by Crippen LogP contribution is -2.36. The Morgan fingerprint density at radius 2 is 2.41 bits per heavy atom. The molecule has 1 amide bonds. The van der Waals surface area contributed by atoms with Crippen LogP contribution in [0.4, 0.5) is 0 Å². The molecule has 0 aliphatic carbocycles. The smallest absolute Gasteiger partial charge is 0.255 e. The third kappa shape index (κ3) is 1.32. The van der Waals surface area contributed by atoms with Gasteiger partial charge in [-0.15, -0.1) is 18.3 Å². The Morgan fingerprint density at radius 1 is 1.59 bits per heavy atom. The van der Waals surface area contributed by atoms with E-state index in [1.807, 2.05) is 34.9 Å². The van der Waals surface area contributed by atoms with Gasteiger partial charge in [0.25, 0.3) is 5.91 Å². The molecular formula is C14H15NOS. The number of benzene rings is 1. The first-order chi connectivity index (χ1) is 8.19. The van der Waals surface area contributed by atoms with E-state index in [-0.39, 0.29) is 10.8 Å². The molecule has 0 radical (unpaired) electrons. The largest absolute Gasteiger partial charge is 0.319 e. The van der Waals surface area contributed by atoms with Crippen LogP contribution in [0.5, 0.6) is 0 Å². The van der Waals surface area contributed by atoms with E-state index >= 15 is 0 Å². The van der Waals surface area contributed by atoms with Gasteiger partial charge in [0.2, 0.25) is 0 Å². The normalized spacial score (nSPS) is 25.9. The van der Waals surface area contributed by atoms with Crippen LogP contribution in [0.25, 0.3) is 0 Å². The van der Waals surface area contributed by atoms with E-state index in [1.54, 1.807) is 0 Å². The molecule has 17 heavy (non-hydrogen) atoms. The van der Waals surface area contributed by atoms with Crippen LogP contribution < -0.4 is 0 Å². The fourth-order valence-corrected chi connectivity index (χ4v) is 4.34. The first-order valence-electron chi connectivity index (χ1n) is 5.87. The SMILES string of the molecule is C=CCC12SCCN1C(=O)c1ccc(C)cc12. The molecule has 2 nitrogen and oxygen atoms in total. The molecule has 1 atom stereocenters. The Hall–Kier alpha value is -1.22. The van der Waals surface area contributed by atoms with Crippen LogP contribution >= 0.6 is 11.8 Å². The quantitative estimate of drug-likeness (QED) is 0.747. The van der Waals surface area contributed by atoms with E-state index in [9.17, 15) is 4.79 Å². The summed E-state index contributed by atoms with van der Waals surface area (Å²) in [4.78, 5) is 14.2. The molecule has 88 valence electrons. The van der Waals surface area contributed by atoms with Gasteiger partial charge in [0.05, 0.1) is 0 Å². The van der Waals surface area contributed by atoms with E-state index in [0.717, 1.165) is 24.3 Å². The molecule has 1 fully saturated rings. The van der Waals surface area contributed by atoms with Gasteiger partial charge in [-0.2, -0.15) is 0 Å². The highest BCUT2D eigenvalue weighted by Crippen LogP contribution is 2.53. The summed E-state index contributed by atoms with van der Waals surface area (Å²) in [5.74, 6) is 1.21. The number of aryl methyl sites for hydroxylation is 1. The van der Waals surface area contributed by atoms with Crippen molar-refractivity contribution in [2.75, 3.05) is 12.3 Å². The van der Waals surface area contributed by atoms with Crippen molar-refractivity contribution in [1.82, 2.24) is 4.90 Å². The minimum atomic E-state index is -0.166. The van der Waals surface area contributed by atoms with Crippen molar-refractivity contribution in [2.24, 2.45) is 0 Å². The van der Waals surface area contributed by atoms with E-state index in [0.29, 0.717) is 0 Å². The van der Waals surface area contributed by atoms with Crippen LogP contribution in [0.1, 0.15) is 27.9 Å². The maximum Gasteiger partial charge on any atom is 0.255 e. The first kappa shape index (κ1) is 10.9. The van der Waals surface area contributed by atoms with Gasteiger partial charge < -0.3 is 4.90 Å². The predicted molar refractivity (Wildman–Crippen MR) is 71.2 cm³/mol. The third-order valence-electron chi connectivity index (χ3n) is 3.58. The van der Waals surface area contributed by atoms with Gasteiger partial charge in [-0.1, -0.05) is 23.8 Å². The highest BCUT2D eigenvalue weighted by Gasteiger charge is 2.52. The summed E-state index contributed by atoms with van der Waals surface area (Å²) in [5, 5.41) is 0. The highest BCUT2D eigenvalue weighted by molar-refractivity contribution is 8.00. The topological polar surface area (TPSA) is 20.3 Å². The van der Waals surface area contributed by atoms with Crippen molar-refractivity contribution < 1.29 is 4.79 Å². The first-order valence-corrected chi connectivity index (χ1v) is 6.85. The zero-order valence-corrected chi connectivity index (χ0v) is 10.7. The maximum atomic E-state index is 12.3. The number of nitrogens with zero attached hydrogens (tertiary/aromatic N) is 1. The number of hydrogen-bond donors (Lipinski definition) is 0. The lowest BCUT2D eigenvalue weighted by Gasteiger charge is -2.30. The van der Waals surface area contributed by atoms with Crippen LogP contribution in [0.15, 0.2) is 30.9 Å². The Balaban J connectivity index is 2.22. The van der Waals surface area contributed by atoms with E-state index in [1.165, 1.54) is 11.1 Å². The summed E-state index contributed by atoms with van der Waals surface area (Å²) in [5.41, 5.74) is 3.28. The monoisotopic (exact) mass is 245 g/mol. The van der Waals surface area contributed by atoms with Crippen LogP contribution in [-0.2, 0) is 4.87 Å². The third-order valence-corrected chi connectivity index (χ3v) is 5.06. The van der Waals surface area contributed by atoms with Crippen LogP contribution in [0, 0.1) is 6.92 Å². The van der Waals surface area contributed by atoms with E-state index < -0.39 is 0 Å². The summed E-state index contributed by atoms with van der Waals surface area (Å²) in [6.45, 7) is 6.78. The summed E-state index contributed by atoms with van der Waals surface area (Å²) in [7, 11) is 0. The molecule has 1 aromatic rings. The van der Waals surface area contributed by atoms with Crippen molar-refractivity contribution in [3.63, 3.8) is 0 Å². The predicted octanol–water partition coefficient (Wildman–Crippen LogP) is 2.93. The zero-order chi connectivity index (χ0) is 12.0. The lowest BCUT2D eigenvalue weighted by molar-refractivity contribution is 0.0726. The zero-order valence-electron chi connectivity index (χ0n) is 9.90. The Bertz CT molecular complexity index is 511. The van der Waals surface area contributed by atoms with Crippen molar-refractivity contribution in [1.29, 1.82) is 0 Å². The second-order valence-corrected chi connectivity index (χ2v) is 6.00. The van der Waals surface area contributed by atoms with Gasteiger partial charge in [-0.3, -0.25) is 4.79 Å². The van der Waals surface area contributed by atoms with Gasteiger partial charge in [-0.25, -0.2) is 0 Å². The van der Waals surface area contributed by atoms with Crippen molar-refractivity contribution in [3.05, 3.63) is 47.5 Å². The molecule has 3 rings (SSSR count). The van der Waals surface area contributed by atoms with E-state index in [4.69, 9.17) is 0 Å².